The fourth-order valence-corrected chi connectivity index (χ4v) is 3.74. The van der Waals surface area contributed by atoms with Crippen molar-refractivity contribution in [2.24, 2.45) is 0 Å². The molecule has 9 heteroatoms. The minimum Gasteiger partial charge on any atom is -0.460 e. The highest BCUT2D eigenvalue weighted by Gasteiger charge is 2.39. The summed E-state index contributed by atoms with van der Waals surface area (Å²) in [6, 6.07) is 3.80. The molecule has 0 radical (unpaired) electrons. The molecule has 156 valence electrons. The Labute approximate surface area is 179 Å². The van der Waals surface area contributed by atoms with Crippen LogP contribution >= 0.6 is 23.8 Å². The van der Waals surface area contributed by atoms with E-state index in [-0.39, 0.29) is 16.2 Å². The van der Waals surface area contributed by atoms with Crippen LogP contribution in [0.1, 0.15) is 45.3 Å². The zero-order valence-electron chi connectivity index (χ0n) is 16.5. The van der Waals surface area contributed by atoms with Crippen molar-refractivity contribution in [1.29, 1.82) is 0 Å². The van der Waals surface area contributed by atoms with Crippen LogP contribution in [0.4, 0.5) is 9.18 Å². The normalized spacial score (nSPS) is 17.8. The summed E-state index contributed by atoms with van der Waals surface area (Å²) in [5, 5.41) is 0.382. The summed E-state index contributed by atoms with van der Waals surface area (Å²) < 4.78 is 27.2. The van der Waals surface area contributed by atoms with E-state index in [9.17, 15) is 9.18 Å². The number of benzene rings is 1. The number of amides is 1. The first-order valence-corrected chi connectivity index (χ1v) is 10.1. The number of nitrogens with zero attached hydrogens (tertiary/aromatic N) is 3. The highest BCUT2D eigenvalue weighted by Crippen LogP contribution is 2.35. The molecular formula is C20H23ClFN3O3S. The molecule has 29 heavy (non-hydrogen) atoms. The number of thiocarbonyl (C=S) groups is 1. The molecule has 6 nitrogen and oxygen atoms in total. The fourth-order valence-electron chi connectivity index (χ4n) is 3.30. The van der Waals surface area contributed by atoms with E-state index in [1.807, 2.05) is 20.8 Å². The van der Waals surface area contributed by atoms with Gasteiger partial charge in [-0.3, -0.25) is 4.57 Å². The van der Waals surface area contributed by atoms with E-state index >= 15 is 0 Å². The van der Waals surface area contributed by atoms with Crippen molar-refractivity contribution in [3.8, 4) is 0 Å². The molecule has 1 aliphatic heterocycles. The molecule has 1 aromatic carbocycles. The Morgan fingerprint density at radius 1 is 1.38 bits per heavy atom. The van der Waals surface area contributed by atoms with Gasteiger partial charge in [-0.15, -0.1) is 0 Å². The summed E-state index contributed by atoms with van der Waals surface area (Å²) in [6.07, 6.45) is 5.01. The van der Waals surface area contributed by atoms with Gasteiger partial charge in [-0.05, 0) is 69.6 Å². The molecule has 0 saturated carbocycles. The number of aromatic nitrogens is 2. The Morgan fingerprint density at radius 3 is 2.76 bits per heavy atom. The lowest BCUT2D eigenvalue weighted by Gasteiger charge is -2.33. The van der Waals surface area contributed by atoms with Crippen molar-refractivity contribution >= 4 is 35.1 Å². The van der Waals surface area contributed by atoms with Gasteiger partial charge in [-0.1, -0.05) is 11.6 Å². The van der Waals surface area contributed by atoms with Crippen molar-refractivity contribution in [1.82, 2.24) is 14.5 Å². The number of halogens is 2. The first-order valence-electron chi connectivity index (χ1n) is 9.28. The predicted octanol–water partition coefficient (Wildman–Crippen LogP) is 4.97. The van der Waals surface area contributed by atoms with E-state index in [0.29, 0.717) is 18.5 Å². The van der Waals surface area contributed by atoms with Crippen LogP contribution in [-0.2, 0) is 9.47 Å². The highest BCUT2D eigenvalue weighted by molar-refractivity contribution is 7.80. The minimum atomic E-state index is -0.715. The number of carbonyl (C=O) groups is 1. The number of ether oxygens (including phenoxy) is 2. The lowest BCUT2D eigenvalue weighted by atomic mass is 10.00. The maximum absolute atomic E-state index is 14.1. The smallest absolute Gasteiger partial charge is 0.410 e. The number of rotatable bonds is 3. The second kappa shape index (κ2) is 8.67. The second-order valence-electron chi connectivity index (χ2n) is 7.86. The van der Waals surface area contributed by atoms with Gasteiger partial charge in [-0.2, -0.15) is 0 Å². The number of imidazole rings is 1. The molecule has 1 fully saturated rings. The minimum absolute atomic E-state index is 0.143. The molecule has 0 spiro atoms. The molecule has 2 atom stereocenters. The summed E-state index contributed by atoms with van der Waals surface area (Å²) in [5.74, 6) is -0.489. The molecular weight excluding hydrogens is 417 g/mol. The first kappa shape index (κ1) is 21.5. The van der Waals surface area contributed by atoms with E-state index in [2.05, 4.69) is 4.98 Å². The van der Waals surface area contributed by atoms with Crippen molar-refractivity contribution in [3.05, 3.63) is 53.3 Å². The van der Waals surface area contributed by atoms with Crippen LogP contribution in [0.2, 0.25) is 5.02 Å². The van der Waals surface area contributed by atoms with Crippen LogP contribution in [0.15, 0.2) is 36.9 Å². The molecule has 2 aromatic rings. The number of hydrogen-bond acceptors (Lipinski definition) is 5. The lowest BCUT2D eigenvalue weighted by molar-refractivity contribution is 0.00707. The van der Waals surface area contributed by atoms with Gasteiger partial charge in [0.15, 0.2) is 0 Å². The van der Waals surface area contributed by atoms with Gasteiger partial charge in [0, 0.05) is 24.0 Å². The van der Waals surface area contributed by atoms with Crippen LogP contribution in [0.25, 0.3) is 0 Å². The van der Waals surface area contributed by atoms with Gasteiger partial charge in [-0.25, -0.2) is 14.2 Å². The van der Waals surface area contributed by atoms with Crippen molar-refractivity contribution in [2.45, 2.75) is 51.4 Å². The monoisotopic (exact) mass is 439 g/mol. The topological polar surface area (TPSA) is 56.6 Å². The summed E-state index contributed by atoms with van der Waals surface area (Å²) in [7, 11) is 0. The third-order valence-corrected chi connectivity index (χ3v) is 4.96. The fraction of sp³-hybridized carbons (Fsp3) is 0.450. The van der Waals surface area contributed by atoms with E-state index in [1.165, 1.54) is 23.0 Å². The quantitative estimate of drug-likeness (QED) is 0.632. The molecule has 0 N–H and O–H groups in total. The van der Waals surface area contributed by atoms with Gasteiger partial charge in [0.25, 0.3) is 5.17 Å². The molecule has 0 aliphatic carbocycles. The van der Waals surface area contributed by atoms with Gasteiger partial charge >= 0.3 is 6.09 Å². The molecule has 1 amide bonds. The summed E-state index contributed by atoms with van der Waals surface area (Å²) in [6.45, 7) is 5.94. The summed E-state index contributed by atoms with van der Waals surface area (Å²) in [4.78, 5) is 18.3. The number of hydrogen-bond donors (Lipinski definition) is 0. The van der Waals surface area contributed by atoms with Crippen molar-refractivity contribution in [3.63, 3.8) is 0 Å². The van der Waals surface area contributed by atoms with E-state index in [0.717, 1.165) is 6.42 Å². The van der Waals surface area contributed by atoms with Gasteiger partial charge < -0.3 is 14.4 Å². The zero-order valence-corrected chi connectivity index (χ0v) is 18.0. The van der Waals surface area contributed by atoms with Crippen LogP contribution in [0, 0.1) is 5.82 Å². The van der Waals surface area contributed by atoms with Crippen LogP contribution < -0.4 is 0 Å². The third-order valence-electron chi connectivity index (χ3n) is 4.43. The molecule has 1 aromatic heterocycles. The van der Waals surface area contributed by atoms with Gasteiger partial charge in [0.1, 0.15) is 23.8 Å². The average molecular weight is 440 g/mol. The Balaban J connectivity index is 1.93. The molecule has 3 rings (SSSR count). The Hall–Kier alpha value is -2.19. The van der Waals surface area contributed by atoms with Crippen molar-refractivity contribution < 1.29 is 18.7 Å². The van der Waals surface area contributed by atoms with E-state index in [4.69, 9.17) is 33.3 Å². The Bertz CT molecular complexity index is 865. The summed E-state index contributed by atoms with van der Waals surface area (Å²) in [5.41, 5.74) is -0.132. The Morgan fingerprint density at radius 2 is 2.14 bits per heavy atom. The third kappa shape index (κ3) is 5.45. The SMILES string of the molecule is CC(C)(C)OC(=O)N1CCC[C@H]1C(OC(=S)n1ccnc1)c1cc(F)cc(Cl)c1. The molecule has 1 aliphatic rings. The maximum atomic E-state index is 14.1. The molecule has 1 saturated heterocycles. The standard InChI is InChI=1S/C20H23ClFN3O3S/c1-20(2,3)28-18(26)25-7-4-5-16(25)17(13-9-14(21)11-15(22)10-13)27-19(29)24-8-6-23-12-24/h6,8-12,16-17H,4-5,7H2,1-3H3/t16-,17?/m0/s1. The Kier molecular flexibility index (Phi) is 6.43. The first-order chi connectivity index (χ1) is 13.6. The molecule has 0 bridgehead atoms. The maximum Gasteiger partial charge on any atom is 0.410 e. The van der Waals surface area contributed by atoms with Crippen LogP contribution in [0.5, 0.6) is 0 Å². The summed E-state index contributed by atoms with van der Waals surface area (Å²) >= 11 is 11.5. The zero-order chi connectivity index (χ0) is 21.2. The van der Waals surface area contributed by atoms with E-state index in [1.54, 1.807) is 23.4 Å². The number of carbonyl (C=O) groups excluding carboxylic acids is 1. The van der Waals surface area contributed by atoms with Gasteiger partial charge in [0.05, 0.1) is 6.04 Å². The number of likely N-dealkylation sites (tertiary alicyclic amines) is 1. The van der Waals surface area contributed by atoms with Crippen LogP contribution in [-0.4, -0.2) is 43.9 Å². The lowest BCUT2D eigenvalue weighted by Crippen LogP contribution is -2.43. The van der Waals surface area contributed by atoms with Gasteiger partial charge in [0.2, 0.25) is 0 Å². The average Bonchev–Trinajstić information content (AvgIpc) is 3.28. The van der Waals surface area contributed by atoms with E-state index < -0.39 is 23.6 Å². The molecule has 2 heterocycles. The largest absolute Gasteiger partial charge is 0.460 e. The van der Waals surface area contributed by atoms with Crippen molar-refractivity contribution in [2.75, 3.05) is 6.54 Å². The second-order valence-corrected chi connectivity index (χ2v) is 8.65. The molecule has 1 unspecified atom stereocenters. The predicted molar refractivity (Wildman–Crippen MR) is 111 cm³/mol. The highest BCUT2D eigenvalue weighted by atomic mass is 35.5. The van der Waals surface area contributed by atoms with Crippen LogP contribution in [0.3, 0.4) is 0 Å².